The Labute approximate surface area is 150 Å². The normalized spacial score (nSPS) is 28.8. The predicted octanol–water partition coefficient (Wildman–Crippen LogP) is 1.97. The smallest absolute Gasteiger partial charge is 0.226 e. The summed E-state index contributed by atoms with van der Waals surface area (Å²) in [5, 5.41) is 4.36. The van der Waals surface area contributed by atoms with Gasteiger partial charge in [0, 0.05) is 37.8 Å². The van der Waals surface area contributed by atoms with Crippen molar-refractivity contribution in [3.8, 4) is 0 Å². The highest BCUT2D eigenvalue weighted by molar-refractivity contribution is 5.80. The highest BCUT2D eigenvalue weighted by atomic mass is 16.5. The van der Waals surface area contributed by atoms with E-state index in [0.717, 1.165) is 38.0 Å². The first-order valence-corrected chi connectivity index (χ1v) is 9.85. The summed E-state index contributed by atoms with van der Waals surface area (Å²) in [5.74, 6) is 0.556. The van der Waals surface area contributed by atoms with Gasteiger partial charge >= 0.3 is 0 Å². The number of piperidine rings is 1. The van der Waals surface area contributed by atoms with Gasteiger partial charge in [-0.3, -0.25) is 9.48 Å². The lowest BCUT2D eigenvalue weighted by atomic mass is 9.83. The Kier molecular flexibility index (Phi) is 5.08. The number of ether oxygens (including phenoxy) is 1. The van der Waals surface area contributed by atoms with E-state index in [1.807, 2.05) is 24.1 Å². The van der Waals surface area contributed by atoms with E-state index in [9.17, 15) is 4.79 Å². The second-order valence-corrected chi connectivity index (χ2v) is 7.82. The zero-order valence-corrected chi connectivity index (χ0v) is 15.3. The number of hydrogen-bond acceptors (Lipinski definition) is 4. The highest BCUT2D eigenvalue weighted by Crippen LogP contribution is 2.36. The van der Waals surface area contributed by atoms with Gasteiger partial charge < -0.3 is 14.5 Å². The minimum atomic E-state index is -0.00234. The summed E-state index contributed by atoms with van der Waals surface area (Å²) in [6, 6.07) is -0.00234. The van der Waals surface area contributed by atoms with Crippen molar-refractivity contribution in [1.82, 2.24) is 19.6 Å². The number of morpholine rings is 1. The van der Waals surface area contributed by atoms with Crippen molar-refractivity contribution < 1.29 is 9.53 Å². The first-order valence-electron chi connectivity index (χ1n) is 9.85. The zero-order valence-electron chi connectivity index (χ0n) is 15.3. The molecule has 1 saturated carbocycles. The molecule has 6 heteroatoms. The van der Waals surface area contributed by atoms with Crippen LogP contribution in [-0.2, 0) is 16.6 Å². The number of hydrogen-bond donors (Lipinski definition) is 0. The van der Waals surface area contributed by atoms with E-state index in [1.54, 1.807) is 0 Å². The van der Waals surface area contributed by atoms with Gasteiger partial charge in [0.2, 0.25) is 5.91 Å². The first kappa shape index (κ1) is 17.0. The molecule has 3 heterocycles. The van der Waals surface area contributed by atoms with Gasteiger partial charge in [-0.15, -0.1) is 0 Å². The third-order valence-electron chi connectivity index (χ3n) is 6.04. The minimum Gasteiger partial charge on any atom is -0.373 e. The number of carbonyl (C=O) groups is 1. The molecule has 2 aliphatic heterocycles. The number of amides is 1. The number of carbonyl (C=O) groups excluding carboxylic acids is 1. The monoisotopic (exact) mass is 346 g/mol. The summed E-state index contributed by atoms with van der Waals surface area (Å²) < 4.78 is 8.02. The minimum absolute atomic E-state index is 0.00234. The number of likely N-dealkylation sites (tertiary alicyclic amines) is 1. The molecular formula is C19H30N4O2. The number of nitrogens with zero attached hydrogens (tertiary/aromatic N) is 4. The van der Waals surface area contributed by atoms with Crippen LogP contribution in [0.4, 0.5) is 0 Å². The Balaban J connectivity index is 1.55. The van der Waals surface area contributed by atoms with E-state index in [0.29, 0.717) is 19.1 Å². The molecule has 3 fully saturated rings. The Morgan fingerprint density at radius 2 is 2.00 bits per heavy atom. The zero-order chi connectivity index (χ0) is 17.2. The molecule has 0 bridgehead atoms. The highest BCUT2D eigenvalue weighted by Gasteiger charge is 2.41. The summed E-state index contributed by atoms with van der Waals surface area (Å²) in [4.78, 5) is 17.6. The van der Waals surface area contributed by atoms with Crippen LogP contribution in [0.1, 0.15) is 50.1 Å². The Morgan fingerprint density at radius 1 is 1.20 bits per heavy atom. The van der Waals surface area contributed by atoms with Crippen molar-refractivity contribution >= 4 is 5.91 Å². The standard InChI is InChI=1S/C19H30N4O2/c1-21-13-16(12-20-21)18-17(14-22-8-3-2-4-9-22)25-11-10-23(18)19(24)15-6-5-7-15/h12-13,15,17-18H,2-11,14H2,1H3/t17-,18-/m0/s1. The molecule has 1 aliphatic carbocycles. The topological polar surface area (TPSA) is 50.6 Å². The van der Waals surface area contributed by atoms with Crippen molar-refractivity contribution in [2.24, 2.45) is 13.0 Å². The van der Waals surface area contributed by atoms with Crippen LogP contribution >= 0.6 is 0 Å². The van der Waals surface area contributed by atoms with Gasteiger partial charge in [-0.05, 0) is 38.8 Å². The van der Waals surface area contributed by atoms with Crippen molar-refractivity contribution in [3.63, 3.8) is 0 Å². The Bertz CT molecular complexity index is 592. The second-order valence-electron chi connectivity index (χ2n) is 7.82. The molecule has 6 nitrogen and oxygen atoms in total. The molecule has 1 aromatic rings. The van der Waals surface area contributed by atoms with E-state index in [1.165, 1.54) is 25.7 Å². The number of rotatable bonds is 4. The van der Waals surface area contributed by atoms with Gasteiger partial charge in [-0.1, -0.05) is 12.8 Å². The van der Waals surface area contributed by atoms with Gasteiger partial charge in [0.05, 0.1) is 24.9 Å². The van der Waals surface area contributed by atoms with Crippen LogP contribution in [0.2, 0.25) is 0 Å². The SMILES string of the molecule is Cn1cc([C@H]2[C@H](CN3CCCCC3)OCCN2C(=O)C2CCC2)cn1. The summed E-state index contributed by atoms with van der Waals surface area (Å²) in [6.45, 7) is 4.56. The third kappa shape index (κ3) is 3.60. The molecule has 0 N–H and O–H groups in total. The molecule has 138 valence electrons. The van der Waals surface area contributed by atoms with Crippen molar-refractivity contribution in [1.29, 1.82) is 0 Å². The lowest BCUT2D eigenvalue weighted by molar-refractivity contribution is -0.155. The maximum Gasteiger partial charge on any atom is 0.226 e. The van der Waals surface area contributed by atoms with Crippen LogP contribution in [0.3, 0.4) is 0 Å². The Hall–Kier alpha value is -1.40. The van der Waals surface area contributed by atoms with E-state index < -0.39 is 0 Å². The van der Waals surface area contributed by atoms with Crippen molar-refractivity contribution in [3.05, 3.63) is 18.0 Å². The van der Waals surface area contributed by atoms with Gasteiger partial charge in [-0.2, -0.15) is 5.10 Å². The molecule has 0 radical (unpaired) electrons. The average Bonchev–Trinajstić information content (AvgIpc) is 3.00. The summed E-state index contributed by atoms with van der Waals surface area (Å²) >= 11 is 0. The maximum absolute atomic E-state index is 13.0. The number of aryl methyl sites for hydroxylation is 1. The van der Waals surface area contributed by atoms with Gasteiger partial charge in [0.1, 0.15) is 0 Å². The molecule has 0 unspecified atom stereocenters. The quantitative estimate of drug-likeness (QED) is 0.836. The average molecular weight is 346 g/mol. The molecule has 2 saturated heterocycles. The summed E-state index contributed by atoms with van der Waals surface area (Å²) in [6.07, 6.45) is 11.2. The molecule has 4 rings (SSSR count). The van der Waals surface area contributed by atoms with E-state index in [4.69, 9.17) is 4.74 Å². The first-order chi connectivity index (χ1) is 12.2. The maximum atomic E-state index is 13.0. The van der Waals surface area contributed by atoms with E-state index in [2.05, 4.69) is 14.9 Å². The van der Waals surface area contributed by atoms with Gasteiger partial charge in [0.25, 0.3) is 0 Å². The van der Waals surface area contributed by atoms with E-state index in [-0.39, 0.29) is 18.1 Å². The molecule has 1 amide bonds. The van der Waals surface area contributed by atoms with Crippen LogP contribution in [0.25, 0.3) is 0 Å². The van der Waals surface area contributed by atoms with Crippen molar-refractivity contribution in [2.45, 2.75) is 50.7 Å². The van der Waals surface area contributed by atoms with Crippen LogP contribution < -0.4 is 0 Å². The largest absolute Gasteiger partial charge is 0.373 e. The fourth-order valence-corrected chi connectivity index (χ4v) is 4.41. The summed E-state index contributed by atoms with van der Waals surface area (Å²) in [5.41, 5.74) is 1.11. The molecular weight excluding hydrogens is 316 g/mol. The third-order valence-corrected chi connectivity index (χ3v) is 6.04. The lowest BCUT2D eigenvalue weighted by Gasteiger charge is -2.45. The molecule has 3 aliphatic rings. The van der Waals surface area contributed by atoms with Crippen molar-refractivity contribution in [2.75, 3.05) is 32.8 Å². The van der Waals surface area contributed by atoms with Gasteiger partial charge in [-0.25, -0.2) is 0 Å². The fraction of sp³-hybridized carbons (Fsp3) is 0.789. The molecule has 0 spiro atoms. The predicted molar refractivity (Wildman–Crippen MR) is 95.0 cm³/mol. The molecule has 0 aromatic carbocycles. The number of aromatic nitrogens is 2. The van der Waals surface area contributed by atoms with Crippen LogP contribution in [-0.4, -0.2) is 64.4 Å². The van der Waals surface area contributed by atoms with Gasteiger partial charge in [0.15, 0.2) is 0 Å². The van der Waals surface area contributed by atoms with Crippen LogP contribution in [0, 0.1) is 5.92 Å². The molecule has 2 atom stereocenters. The van der Waals surface area contributed by atoms with E-state index >= 15 is 0 Å². The lowest BCUT2D eigenvalue weighted by Crippen LogP contribution is -2.54. The van der Waals surface area contributed by atoms with Crippen LogP contribution in [0.15, 0.2) is 12.4 Å². The fourth-order valence-electron chi connectivity index (χ4n) is 4.41. The Morgan fingerprint density at radius 3 is 2.64 bits per heavy atom. The molecule has 1 aromatic heterocycles. The molecule has 25 heavy (non-hydrogen) atoms. The second kappa shape index (κ2) is 7.46. The summed E-state index contributed by atoms with van der Waals surface area (Å²) in [7, 11) is 1.94. The van der Waals surface area contributed by atoms with Crippen LogP contribution in [0.5, 0.6) is 0 Å².